The van der Waals surface area contributed by atoms with Gasteiger partial charge in [-0.05, 0) is 36.1 Å². The average molecular weight is 301 g/mol. The van der Waals surface area contributed by atoms with Crippen LogP contribution in [0.25, 0.3) is 0 Å². The largest absolute Gasteiger partial charge is 0.496 e. The number of furan rings is 1. The Balaban J connectivity index is 1.87. The normalized spacial score (nSPS) is 19.5. The second-order valence-electron chi connectivity index (χ2n) is 6.73. The van der Waals surface area contributed by atoms with Crippen LogP contribution in [0.3, 0.4) is 0 Å². The number of benzene rings is 1. The van der Waals surface area contributed by atoms with Gasteiger partial charge in [0, 0.05) is 23.2 Å². The first-order chi connectivity index (χ1) is 10.5. The molecule has 4 nitrogen and oxygen atoms in total. The van der Waals surface area contributed by atoms with E-state index < -0.39 is 0 Å². The van der Waals surface area contributed by atoms with E-state index in [0.29, 0.717) is 5.75 Å². The molecule has 0 bridgehead atoms. The molecule has 0 saturated heterocycles. The van der Waals surface area contributed by atoms with E-state index in [1.165, 1.54) is 5.56 Å². The van der Waals surface area contributed by atoms with Gasteiger partial charge in [0.05, 0.1) is 26.0 Å². The molecule has 0 aliphatic heterocycles. The van der Waals surface area contributed by atoms with Crippen molar-refractivity contribution < 1.29 is 14.3 Å². The fourth-order valence-corrected chi connectivity index (χ4v) is 3.30. The molecule has 1 aliphatic rings. The van der Waals surface area contributed by atoms with E-state index >= 15 is 0 Å². The highest BCUT2D eigenvalue weighted by Gasteiger charge is 2.34. The minimum absolute atomic E-state index is 0.0359. The second-order valence-corrected chi connectivity index (χ2v) is 6.73. The smallest absolute Gasteiger partial charge is 0.124 e. The number of methoxy groups -OCH3 is 1. The summed E-state index contributed by atoms with van der Waals surface area (Å²) in [6, 6.07) is 8.09. The minimum atomic E-state index is -0.0359. The monoisotopic (exact) mass is 301 g/mol. The van der Waals surface area contributed by atoms with Gasteiger partial charge in [0.25, 0.3) is 0 Å². The number of anilines is 1. The van der Waals surface area contributed by atoms with E-state index in [2.05, 4.69) is 25.2 Å². The summed E-state index contributed by atoms with van der Waals surface area (Å²) in [5.41, 5.74) is 3.21. The molecule has 1 aromatic heterocycles. The van der Waals surface area contributed by atoms with Crippen LogP contribution in [0.5, 0.6) is 5.75 Å². The van der Waals surface area contributed by atoms with Gasteiger partial charge in [0.15, 0.2) is 0 Å². The van der Waals surface area contributed by atoms with Gasteiger partial charge >= 0.3 is 0 Å². The van der Waals surface area contributed by atoms with E-state index in [9.17, 15) is 5.11 Å². The number of nitrogens with one attached hydrogen (secondary N) is 1. The third-order valence-electron chi connectivity index (χ3n) is 4.34. The molecular weight excluding hydrogens is 278 g/mol. The highest BCUT2D eigenvalue weighted by molar-refractivity contribution is 5.53. The van der Waals surface area contributed by atoms with Gasteiger partial charge in [-0.2, -0.15) is 0 Å². The molecule has 22 heavy (non-hydrogen) atoms. The summed E-state index contributed by atoms with van der Waals surface area (Å²) in [7, 11) is 1.61. The molecule has 118 valence electrons. The Morgan fingerprint density at radius 1 is 1.36 bits per heavy atom. The van der Waals surface area contributed by atoms with Crippen LogP contribution in [0.4, 0.5) is 5.69 Å². The van der Waals surface area contributed by atoms with Gasteiger partial charge in [-0.25, -0.2) is 0 Å². The quantitative estimate of drug-likeness (QED) is 0.899. The van der Waals surface area contributed by atoms with Crippen LogP contribution in [0.15, 0.2) is 34.9 Å². The Labute approximate surface area is 131 Å². The SMILES string of the molecule is COc1ccc(NC2CC(C)(C)Cc3occc32)cc1CO. The molecule has 1 unspecified atom stereocenters. The summed E-state index contributed by atoms with van der Waals surface area (Å²) in [5, 5.41) is 13.0. The molecular formula is C18H23NO3. The van der Waals surface area contributed by atoms with Crippen molar-refractivity contribution in [2.45, 2.75) is 39.3 Å². The number of rotatable bonds is 4. The summed E-state index contributed by atoms with van der Waals surface area (Å²) in [5.74, 6) is 1.78. The van der Waals surface area contributed by atoms with Gasteiger partial charge in [0.1, 0.15) is 11.5 Å². The van der Waals surface area contributed by atoms with Crippen LogP contribution >= 0.6 is 0 Å². The van der Waals surface area contributed by atoms with Gasteiger partial charge in [-0.3, -0.25) is 0 Å². The highest BCUT2D eigenvalue weighted by Crippen LogP contribution is 2.42. The fraction of sp³-hybridized carbons (Fsp3) is 0.444. The summed E-state index contributed by atoms with van der Waals surface area (Å²) in [6.45, 7) is 4.49. The number of aliphatic hydroxyl groups excluding tert-OH is 1. The zero-order chi connectivity index (χ0) is 15.7. The van der Waals surface area contributed by atoms with Crippen molar-refractivity contribution in [3.63, 3.8) is 0 Å². The number of ether oxygens (including phenoxy) is 1. The lowest BCUT2D eigenvalue weighted by molar-refractivity contribution is 0.263. The Morgan fingerprint density at radius 3 is 2.91 bits per heavy atom. The zero-order valence-electron chi connectivity index (χ0n) is 13.3. The molecule has 1 atom stereocenters. The standard InChI is InChI=1S/C18H23NO3/c1-18(2)9-15(14-6-7-22-17(14)10-18)19-13-4-5-16(21-3)12(8-13)11-20/h4-8,15,19-20H,9-11H2,1-3H3. The van der Waals surface area contributed by atoms with Crippen molar-refractivity contribution in [2.75, 3.05) is 12.4 Å². The van der Waals surface area contributed by atoms with Gasteiger partial charge in [-0.1, -0.05) is 13.8 Å². The maximum Gasteiger partial charge on any atom is 0.124 e. The maximum atomic E-state index is 9.46. The van der Waals surface area contributed by atoms with Crippen LogP contribution < -0.4 is 10.1 Å². The van der Waals surface area contributed by atoms with Crippen LogP contribution in [-0.2, 0) is 13.0 Å². The molecule has 0 radical (unpaired) electrons. The van der Waals surface area contributed by atoms with Gasteiger partial charge in [-0.15, -0.1) is 0 Å². The van der Waals surface area contributed by atoms with Crippen molar-refractivity contribution in [2.24, 2.45) is 5.41 Å². The lowest BCUT2D eigenvalue weighted by Crippen LogP contribution is -2.28. The van der Waals surface area contributed by atoms with E-state index in [4.69, 9.17) is 9.15 Å². The van der Waals surface area contributed by atoms with Crippen molar-refractivity contribution in [1.82, 2.24) is 0 Å². The molecule has 0 spiro atoms. The second kappa shape index (κ2) is 5.69. The third kappa shape index (κ3) is 2.83. The van der Waals surface area contributed by atoms with E-state index in [0.717, 1.165) is 29.9 Å². The van der Waals surface area contributed by atoms with E-state index in [1.807, 2.05) is 18.2 Å². The minimum Gasteiger partial charge on any atom is -0.496 e. The average Bonchev–Trinajstić information content (AvgIpc) is 2.94. The van der Waals surface area contributed by atoms with Crippen molar-refractivity contribution >= 4 is 5.69 Å². The summed E-state index contributed by atoms with van der Waals surface area (Å²) < 4.78 is 10.9. The Kier molecular flexibility index (Phi) is 3.87. The maximum absolute atomic E-state index is 9.46. The first-order valence-corrected chi connectivity index (χ1v) is 7.63. The van der Waals surface area contributed by atoms with Crippen LogP contribution in [0.2, 0.25) is 0 Å². The van der Waals surface area contributed by atoms with E-state index in [1.54, 1.807) is 13.4 Å². The first kappa shape index (κ1) is 15.0. The predicted octanol–water partition coefficient (Wildman–Crippen LogP) is 3.91. The molecule has 4 heteroatoms. The molecule has 1 heterocycles. The first-order valence-electron chi connectivity index (χ1n) is 7.63. The van der Waals surface area contributed by atoms with Gasteiger partial charge < -0.3 is 19.6 Å². The Bertz CT molecular complexity index is 660. The molecule has 2 N–H and O–H groups in total. The fourth-order valence-electron chi connectivity index (χ4n) is 3.30. The lowest BCUT2D eigenvalue weighted by atomic mass is 9.74. The molecule has 2 aromatic rings. The van der Waals surface area contributed by atoms with Crippen molar-refractivity contribution in [3.8, 4) is 5.75 Å². The predicted molar refractivity (Wildman–Crippen MR) is 86.1 cm³/mol. The Morgan fingerprint density at radius 2 is 2.18 bits per heavy atom. The van der Waals surface area contributed by atoms with Crippen LogP contribution in [-0.4, -0.2) is 12.2 Å². The molecule has 1 aromatic carbocycles. The van der Waals surface area contributed by atoms with E-state index in [-0.39, 0.29) is 18.1 Å². The molecule has 0 saturated carbocycles. The molecule has 3 rings (SSSR count). The number of aliphatic hydroxyl groups is 1. The van der Waals surface area contributed by atoms with Crippen molar-refractivity contribution in [3.05, 3.63) is 47.4 Å². The summed E-state index contributed by atoms with van der Waals surface area (Å²) in [4.78, 5) is 0. The number of hydrogen-bond acceptors (Lipinski definition) is 4. The number of fused-ring (bicyclic) bond motifs is 1. The van der Waals surface area contributed by atoms with Gasteiger partial charge in [0.2, 0.25) is 0 Å². The molecule has 1 aliphatic carbocycles. The zero-order valence-corrected chi connectivity index (χ0v) is 13.3. The summed E-state index contributed by atoms with van der Waals surface area (Å²) in [6.07, 6.45) is 3.78. The summed E-state index contributed by atoms with van der Waals surface area (Å²) >= 11 is 0. The topological polar surface area (TPSA) is 54.6 Å². The van der Waals surface area contributed by atoms with Crippen LogP contribution in [0.1, 0.15) is 43.2 Å². The number of hydrogen-bond donors (Lipinski definition) is 2. The Hall–Kier alpha value is -1.94. The van der Waals surface area contributed by atoms with Crippen molar-refractivity contribution in [1.29, 1.82) is 0 Å². The van der Waals surface area contributed by atoms with Crippen LogP contribution in [0, 0.1) is 5.41 Å². The molecule has 0 amide bonds. The lowest BCUT2D eigenvalue weighted by Gasteiger charge is -2.35. The third-order valence-corrected chi connectivity index (χ3v) is 4.34. The molecule has 0 fully saturated rings. The highest BCUT2D eigenvalue weighted by atomic mass is 16.5.